The standard InChI is InChI=1S/C14H26N2O/c1-14(2)12(8-13(14)17-3)16-7-6-15-11(9-16)10-4-5-10/h10-13,15H,4-9H2,1-3H3. The van der Waals surface area contributed by atoms with Gasteiger partial charge in [-0.15, -0.1) is 0 Å². The van der Waals surface area contributed by atoms with Gasteiger partial charge in [-0.3, -0.25) is 4.90 Å². The van der Waals surface area contributed by atoms with E-state index in [0.717, 1.165) is 18.0 Å². The van der Waals surface area contributed by atoms with E-state index in [9.17, 15) is 0 Å². The maximum atomic E-state index is 5.57. The van der Waals surface area contributed by atoms with Crippen molar-refractivity contribution >= 4 is 0 Å². The molecule has 2 aliphatic carbocycles. The van der Waals surface area contributed by atoms with Gasteiger partial charge < -0.3 is 10.1 Å². The van der Waals surface area contributed by atoms with Crippen LogP contribution in [0.3, 0.4) is 0 Å². The van der Waals surface area contributed by atoms with Crippen LogP contribution in [0.25, 0.3) is 0 Å². The number of rotatable bonds is 3. The zero-order valence-corrected chi connectivity index (χ0v) is 11.4. The summed E-state index contributed by atoms with van der Waals surface area (Å²) in [5.74, 6) is 0.971. The van der Waals surface area contributed by atoms with Crippen LogP contribution in [0.15, 0.2) is 0 Å². The molecule has 1 saturated heterocycles. The molecule has 0 bridgehead atoms. The number of piperazine rings is 1. The van der Waals surface area contributed by atoms with E-state index in [1.165, 1.54) is 38.9 Å². The first kappa shape index (κ1) is 11.9. The quantitative estimate of drug-likeness (QED) is 0.806. The minimum atomic E-state index is 0.334. The molecule has 98 valence electrons. The third-order valence-corrected chi connectivity index (χ3v) is 5.28. The minimum absolute atomic E-state index is 0.334. The third-order valence-electron chi connectivity index (χ3n) is 5.28. The average Bonchev–Trinajstić information content (AvgIpc) is 3.12. The van der Waals surface area contributed by atoms with Crippen molar-refractivity contribution in [3.8, 4) is 0 Å². The van der Waals surface area contributed by atoms with Gasteiger partial charge in [0.25, 0.3) is 0 Å². The molecule has 0 aromatic rings. The number of nitrogens with zero attached hydrogens (tertiary/aromatic N) is 1. The molecule has 17 heavy (non-hydrogen) atoms. The lowest BCUT2D eigenvalue weighted by molar-refractivity contribution is -0.142. The molecule has 3 aliphatic rings. The molecule has 3 fully saturated rings. The molecule has 1 aliphatic heterocycles. The van der Waals surface area contributed by atoms with Gasteiger partial charge >= 0.3 is 0 Å². The normalized spacial score (nSPS) is 42.2. The summed E-state index contributed by atoms with van der Waals surface area (Å²) in [6, 6.07) is 1.50. The van der Waals surface area contributed by atoms with E-state index >= 15 is 0 Å². The van der Waals surface area contributed by atoms with Crippen LogP contribution < -0.4 is 5.32 Å². The zero-order chi connectivity index (χ0) is 12.0. The fourth-order valence-electron chi connectivity index (χ4n) is 3.78. The fourth-order valence-corrected chi connectivity index (χ4v) is 3.78. The van der Waals surface area contributed by atoms with E-state index in [-0.39, 0.29) is 0 Å². The van der Waals surface area contributed by atoms with Gasteiger partial charge in [0.15, 0.2) is 0 Å². The van der Waals surface area contributed by atoms with Crippen molar-refractivity contribution in [3.05, 3.63) is 0 Å². The Labute approximate surface area is 105 Å². The predicted octanol–water partition coefficient (Wildman–Crippen LogP) is 1.48. The van der Waals surface area contributed by atoms with Crippen molar-refractivity contribution in [1.29, 1.82) is 0 Å². The van der Waals surface area contributed by atoms with Crippen molar-refractivity contribution in [3.63, 3.8) is 0 Å². The van der Waals surface area contributed by atoms with Crippen LogP contribution in [0.4, 0.5) is 0 Å². The molecule has 3 atom stereocenters. The molecule has 3 unspecified atom stereocenters. The SMILES string of the molecule is COC1CC(N2CCNC(C3CC3)C2)C1(C)C. The van der Waals surface area contributed by atoms with Gasteiger partial charge in [0, 0.05) is 44.2 Å². The first-order valence-electron chi connectivity index (χ1n) is 7.13. The smallest absolute Gasteiger partial charge is 0.0652 e. The summed E-state index contributed by atoms with van der Waals surface area (Å²) in [6.07, 6.45) is 4.57. The second-order valence-electron chi connectivity index (χ2n) is 6.69. The Kier molecular flexibility index (Phi) is 2.96. The summed E-state index contributed by atoms with van der Waals surface area (Å²) < 4.78 is 5.57. The van der Waals surface area contributed by atoms with Crippen molar-refractivity contribution in [2.75, 3.05) is 26.7 Å². The summed E-state index contributed by atoms with van der Waals surface area (Å²) in [4.78, 5) is 2.72. The van der Waals surface area contributed by atoms with Crippen molar-refractivity contribution < 1.29 is 4.74 Å². The molecule has 1 N–H and O–H groups in total. The maximum absolute atomic E-state index is 5.57. The van der Waals surface area contributed by atoms with E-state index in [4.69, 9.17) is 4.74 Å². The Morgan fingerprint density at radius 1 is 1.29 bits per heavy atom. The van der Waals surface area contributed by atoms with Crippen LogP contribution in [0.2, 0.25) is 0 Å². The molecule has 0 spiro atoms. The first-order valence-corrected chi connectivity index (χ1v) is 7.13. The van der Waals surface area contributed by atoms with E-state index in [2.05, 4.69) is 24.1 Å². The van der Waals surface area contributed by atoms with Crippen LogP contribution in [0, 0.1) is 11.3 Å². The van der Waals surface area contributed by atoms with Crippen molar-refractivity contribution in [2.45, 2.75) is 51.3 Å². The summed E-state index contributed by atoms with van der Waals surface area (Å²) in [7, 11) is 1.85. The van der Waals surface area contributed by atoms with Gasteiger partial charge in [0.1, 0.15) is 0 Å². The number of hydrogen-bond donors (Lipinski definition) is 1. The Morgan fingerprint density at radius 3 is 2.65 bits per heavy atom. The molecular weight excluding hydrogens is 212 g/mol. The topological polar surface area (TPSA) is 24.5 Å². The number of ether oxygens (including phenoxy) is 1. The van der Waals surface area contributed by atoms with Gasteiger partial charge in [-0.25, -0.2) is 0 Å². The van der Waals surface area contributed by atoms with Gasteiger partial charge in [-0.1, -0.05) is 13.8 Å². The van der Waals surface area contributed by atoms with Crippen LogP contribution in [0.1, 0.15) is 33.1 Å². The summed E-state index contributed by atoms with van der Waals surface area (Å²) in [5.41, 5.74) is 0.334. The molecule has 0 radical (unpaired) electrons. The largest absolute Gasteiger partial charge is 0.381 e. The lowest BCUT2D eigenvalue weighted by Gasteiger charge is -2.57. The molecule has 0 amide bonds. The average molecular weight is 238 g/mol. The van der Waals surface area contributed by atoms with Gasteiger partial charge in [0.2, 0.25) is 0 Å². The first-order chi connectivity index (χ1) is 8.13. The second-order valence-corrected chi connectivity index (χ2v) is 6.69. The van der Waals surface area contributed by atoms with Crippen LogP contribution in [-0.4, -0.2) is 49.8 Å². The highest BCUT2D eigenvalue weighted by molar-refractivity contribution is 5.05. The Hall–Kier alpha value is -0.120. The van der Waals surface area contributed by atoms with Gasteiger partial charge in [-0.05, 0) is 25.2 Å². The maximum Gasteiger partial charge on any atom is 0.0652 e. The molecule has 0 aromatic carbocycles. The zero-order valence-electron chi connectivity index (χ0n) is 11.4. The van der Waals surface area contributed by atoms with E-state index in [1.807, 2.05) is 7.11 Å². The monoisotopic (exact) mass is 238 g/mol. The fraction of sp³-hybridized carbons (Fsp3) is 1.00. The van der Waals surface area contributed by atoms with E-state index < -0.39 is 0 Å². The van der Waals surface area contributed by atoms with Crippen molar-refractivity contribution in [2.24, 2.45) is 11.3 Å². The molecule has 3 rings (SSSR count). The highest BCUT2D eigenvalue weighted by Crippen LogP contribution is 2.46. The molecule has 0 aromatic heterocycles. The lowest BCUT2D eigenvalue weighted by Crippen LogP contribution is -2.66. The van der Waals surface area contributed by atoms with Gasteiger partial charge in [0.05, 0.1) is 6.10 Å². The highest BCUT2D eigenvalue weighted by Gasteiger charge is 2.52. The third kappa shape index (κ3) is 2.02. The van der Waals surface area contributed by atoms with Crippen molar-refractivity contribution in [1.82, 2.24) is 10.2 Å². The second kappa shape index (κ2) is 4.22. The summed E-state index contributed by atoms with van der Waals surface area (Å²) in [6.45, 7) is 8.38. The molecule has 2 saturated carbocycles. The molecule has 3 nitrogen and oxygen atoms in total. The van der Waals surface area contributed by atoms with Crippen LogP contribution >= 0.6 is 0 Å². The minimum Gasteiger partial charge on any atom is -0.381 e. The highest BCUT2D eigenvalue weighted by atomic mass is 16.5. The summed E-state index contributed by atoms with van der Waals surface area (Å²) >= 11 is 0. The number of hydrogen-bond acceptors (Lipinski definition) is 3. The Bertz CT molecular complexity index is 288. The Morgan fingerprint density at radius 2 is 2.06 bits per heavy atom. The lowest BCUT2D eigenvalue weighted by atomic mass is 9.63. The van der Waals surface area contributed by atoms with Crippen LogP contribution in [0.5, 0.6) is 0 Å². The van der Waals surface area contributed by atoms with E-state index in [1.54, 1.807) is 0 Å². The number of nitrogens with one attached hydrogen (secondary N) is 1. The van der Waals surface area contributed by atoms with E-state index in [0.29, 0.717) is 11.5 Å². The predicted molar refractivity (Wildman–Crippen MR) is 69.1 cm³/mol. The summed E-state index contributed by atoms with van der Waals surface area (Å²) in [5, 5.41) is 3.69. The van der Waals surface area contributed by atoms with Gasteiger partial charge in [-0.2, -0.15) is 0 Å². The Balaban J connectivity index is 1.61. The molecule has 1 heterocycles. The molecular formula is C14H26N2O. The molecule has 3 heteroatoms. The van der Waals surface area contributed by atoms with Crippen LogP contribution in [-0.2, 0) is 4.74 Å². The number of methoxy groups -OCH3 is 1.